The minimum atomic E-state index is -0.200. The van der Waals surface area contributed by atoms with Gasteiger partial charge < -0.3 is 10.6 Å². The van der Waals surface area contributed by atoms with E-state index in [2.05, 4.69) is 15.6 Å². The minimum absolute atomic E-state index is 0.0176. The molecular formula is C18H21N3O2. The summed E-state index contributed by atoms with van der Waals surface area (Å²) in [6, 6.07) is 10.3. The average Bonchev–Trinajstić information content (AvgIpc) is 2.57. The number of aromatic nitrogens is 1. The molecule has 2 rings (SSSR count). The first kappa shape index (κ1) is 16.7. The third kappa shape index (κ3) is 4.64. The van der Waals surface area contributed by atoms with Crippen molar-refractivity contribution in [3.05, 3.63) is 54.4 Å². The second-order valence-corrected chi connectivity index (χ2v) is 5.27. The molecule has 0 unspecified atom stereocenters. The van der Waals surface area contributed by atoms with E-state index in [4.69, 9.17) is 0 Å². The summed E-state index contributed by atoms with van der Waals surface area (Å²) in [4.78, 5) is 28.1. The molecule has 2 aromatic rings. The fourth-order valence-corrected chi connectivity index (χ4v) is 2.25. The topological polar surface area (TPSA) is 71.1 Å². The van der Waals surface area contributed by atoms with Gasteiger partial charge >= 0.3 is 0 Å². The van der Waals surface area contributed by atoms with Crippen molar-refractivity contribution in [1.29, 1.82) is 0 Å². The molecule has 5 nitrogen and oxygen atoms in total. The second-order valence-electron chi connectivity index (χ2n) is 5.27. The van der Waals surface area contributed by atoms with Gasteiger partial charge in [0, 0.05) is 35.2 Å². The smallest absolute Gasteiger partial charge is 0.255 e. The van der Waals surface area contributed by atoms with E-state index < -0.39 is 0 Å². The number of carbonyl (C=O) groups is 2. The van der Waals surface area contributed by atoms with Gasteiger partial charge in [-0.2, -0.15) is 0 Å². The van der Waals surface area contributed by atoms with E-state index in [0.29, 0.717) is 16.9 Å². The number of anilines is 2. The van der Waals surface area contributed by atoms with Crippen LogP contribution in [0.1, 0.15) is 37.0 Å². The summed E-state index contributed by atoms with van der Waals surface area (Å²) in [5, 5.41) is 5.67. The van der Waals surface area contributed by atoms with E-state index in [-0.39, 0.29) is 17.7 Å². The summed E-state index contributed by atoms with van der Waals surface area (Å²) >= 11 is 0. The number of benzene rings is 1. The first-order chi connectivity index (χ1) is 11.1. The van der Waals surface area contributed by atoms with Crippen LogP contribution in [0.5, 0.6) is 0 Å². The molecule has 0 bridgehead atoms. The number of rotatable bonds is 6. The number of hydrogen-bond acceptors (Lipinski definition) is 3. The Labute approximate surface area is 136 Å². The Bertz CT molecular complexity index is 650. The standard InChI is InChI=1S/C18H21N3O2/c1-3-13(4-2)17(22)20-15-7-5-14(6-8-15)18(23)21-16-9-11-19-12-10-16/h5-13H,3-4H2,1-2H3,(H,20,22)(H,19,21,23). The Morgan fingerprint density at radius 3 is 2.04 bits per heavy atom. The Balaban J connectivity index is 1.99. The van der Waals surface area contributed by atoms with Crippen LogP contribution >= 0.6 is 0 Å². The summed E-state index contributed by atoms with van der Waals surface area (Å²) in [6.07, 6.45) is 4.86. The maximum Gasteiger partial charge on any atom is 0.255 e. The van der Waals surface area contributed by atoms with Gasteiger partial charge in [-0.15, -0.1) is 0 Å². The third-order valence-electron chi connectivity index (χ3n) is 3.71. The second kappa shape index (κ2) is 8.08. The molecule has 0 aliphatic carbocycles. The van der Waals surface area contributed by atoms with Crippen LogP contribution in [-0.2, 0) is 4.79 Å². The highest BCUT2D eigenvalue weighted by Crippen LogP contribution is 2.15. The molecule has 0 aliphatic heterocycles. The minimum Gasteiger partial charge on any atom is -0.326 e. The molecule has 0 saturated carbocycles. The van der Waals surface area contributed by atoms with Crippen molar-refractivity contribution in [1.82, 2.24) is 4.98 Å². The Morgan fingerprint density at radius 1 is 0.913 bits per heavy atom. The van der Waals surface area contributed by atoms with Crippen molar-refractivity contribution in [3.63, 3.8) is 0 Å². The van der Waals surface area contributed by atoms with Crippen molar-refractivity contribution in [2.24, 2.45) is 5.92 Å². The Hall–Kier alpha value is -2.69. The van der Waals surface area contributed by atoms with Gasteiger partial charge in [-0.05, 0) is 49.2 Å². The van der Waals surface area contributed by atoms with Crippen LogP contribution in [0.25, 0.3) is 0 Å². The number of nitrogens with one attached hydrogen (secondary N) is 2. The molecule has 2 amide bonds. The molecule has 0 saturated heterocycles. The van der Waals surface area contributed by atoms with Crippen LogP contribution in [0, 0.1) is 5.92 Å². The van der Waals surface area contributed by atoms with Gasteiger partial charge in [0.15, 0.2) is 0 Å². The normalized spacial score (nSPS) is 10.4. The van der Waals surface area contributed by atoms with Crippen LogP contribution in [0.2, 0.25) is 0 Å². The summed E-state index contributed by atoms with van der Waals surface area (Å²) < 4.78 is 0. The quantitative estimate of drug-likeness (QED) is 0.854. The lowest BCUT2D eigenvalue weighted by atomic mass is 10.0. The van der Waals surface area contributed by atoms with Crippen LogP contribution in [0.4, 0.5) is 11.4 Å². The first-order valence-corrected chi connectivity index (χ1v) is 7.76. The van der Waals surface area contributed by atoms with Gasteiger partial charge in [-0.25, -0.2) is 0 Å². The van der Waals surface area contributed by atoms with Crippen LogP contribution < -0.4 is 10.6 Å². The largest absolute Gasteiger partial charge is 0.326 e. The van der Waals surface area contributed by atoms with Gasteiger partial charge in [0.25, 0.3) is 5.91 Å². The maximum atomic E-state index is 12.1. The SMILES string of the molecule is CCC(CC)C(=O)Nc1ccc(C(=O)Nc2ccncc2)cc1. The van der Waals surface area contributed by atoms with E-state index >= 15 is 0 Å². The van der Waals surface area contributed by atoms with Gasteiger partial charge in [0.05, 0.1) is 0 Å². The summed E-state index contributed by atoms with van der Waals surface area (Å²) in [5.74, 6) is -0.164. The monoisotopic (exact) mass is 311 g/mol. The maximum absolute atomic E-state index is 12.1. The van der Waals surface area contributed by atoms with Gasteiger partial charge in [-0.3, -0.25) is 14.6 Å². The fourth-order valence-electron chi connectivity index (χ4n) is 2.25. The Morgan fingerprint density at radius 2 is 1.48 bits per heavy atom. The lowest BCUT2D eigenvalue weighted by Gasteiger charge is -2.13. The molecule has 5 heteroatoms. The average molecular weight is 311 g/mol. The predicted octanol–water partition coefficient (Wildman–Crippen LogP) is 3.71. The lowest BCUT2D eigenvalue weighted by Crippen LogP contribution is -2.21. The number of pyridine rings is 1. The first-order valence-electron chi connectivity index (χ1n) is 7.76. The summed E-state index contributed by atoms with van der Waals surface area (Å²) in [6.45, 7) is 4.00. The zero-order valence-corrected chi connectivity index (χ0v) is 13.4. The van der Waals surface area contributed by atoms with Crippen molar-refractivity contribution >= 4 is 23.2 Å². The highest BCUT2D eigenvalue weighted by Gasteiger charge is 2.14. The number of amides is 2. The van der Waals surface area contributed by atoms with Crippen LogP contribution in [0.15, 0.2) is 48.8 Å². The van der Waals surface area contributed by atoms with E-state index in [1.54, 1.807) is 48.8 Å². The molecule has 2 N–H and O–H groups in total. The molecule has 0 atom stereocenters. The van der Waals surface area contributed by atoms with E-state index in [1.807, 2.05) is 13.8 Å². The number of nitrogens with zero attached hydrogens (tertiary/aromatic N) is 1. The molecule has 0 fully saturated rings. The van der Waals surface area contributed by atoms with Gasteiger partial charge in [-0.1, -0.05) is 13.8 Å². The van der Waals surface area contributed by atoms with Crippen LogP contribution in [-0.4, -0.2) is 16.8 Å². The van der Waals surface area contributed by atoms with E-state index in [1.165, 1.54) is 0 Å². The molecule has 0 radical (unpaired) electrons. The summed E-state index contributed by atoms with van der Waals surface area (Å²) in [7, 11) is 0. The summed E-state index contributed by atoms with van der Waals surface area (Å²) in [5.41, 5.74) is 1.92. The van der Waals surface area contributed by atoms with Crippen molar-refractivity contribution in [2.45, 2.75) is 26.7 Å². The zero-order valence-electron chi connectivity index (χ0n) is 13.4. The molecule has 23 heavy (non-hydrogen) atoms. The zero-order chi connectivity index (χ0) is 16.7. The number of carbonyl (C=O) groups excluding carboxylic acids is 2. The van der Waals surface area contributed by atoms with Crippen molar-refractivity contribution < 1.29 is 9.59 Å². The lowest BCUT2D eigenvalue weighted by molar-refractivity contribution is -0.120. The molecule has 120 valence electrons. The van der Waals surface area contributed by atoms with Crippen molar-refractivity contribution in [3.8, 4) is 0 Å². The molecule has 0 spiro atoms. The molecule has 1 aromatic heterocycles. The molecule has 1 heterocycles. The fraction of sp³-hybridized carbons (Fsp3) is 0.278. The third-order valence-corrected chi connectivity index (χ3v) is 3.71. The number of hydrogen-bond donors (Lipinski definition) is 2. The molecule has 1 aromatic carbocycles. The highest BCUT2D eigenvalue weighted by atomic mass is 16.2. The van der Waals surface area contributed by atoms with E-state index in [0.717, 1.165) is 12.8 Å². The van der Waals surface area contributed by atoms with E-state index in [9.17, 15) is 9.59 Å². The van der Waals surface area contributed by atoms with Crippen molar-refractivity contribution in [2.75, 3.05) is 10.6 Å². The molecule has 0 aliphatic rings. The molecular weight excluding hydrogens is 290 g/mol. The predicted molar refractivity (Wildman–Crippen MR) is 91.3 cm³/mol. The highest BCUT2D eigenvalue weighted by molar-refractivity contribution is 6.04. The van der Waals surface area contributed by atoms with Gasteiger partial charge in [0.2, 0.25) is 5.91 Å². The Kier molecular flexibility index (Phi) is 5.86. The van der Waals surface area contributed by atoms with Crippen LogP contribution in [0.3, 0.4) is 0 Å². The van der Waals surface area contributed by atoms with Gasteiger partial charge in [0.1, 0.15) is 0 Å².